The van der Waals surface area contributed by atoms with E-state index in [1.807, 2.05) is 44.2 Å². The number of hydrogen-bond acceptors (Lipinski definition) is 3. The van der Waals surface area contributed by atoms with E-state index in [1.54, 1.807) is 12.3 Å². The number of hydrogen-bond donors (Lipinski definition) is 1. The summed E-state index contributed by atoms with van der Waals surface area (Å²) in [6, 6.07) is 11.0. The van der Waals surface area contributed by atoms with Gasteiger partial charge in [0, 0.05) is 11.6 Å². The number of carbonyl (C=O) groups is 1. The standard InChI is InChI=1S/C17H14N2O2/c1-10-6-7-11(2)16-15(10)12(17(20)21)9-14(19-16)13-5-3-4-8-18-13/h3-9H,1-2H3,(H,20,21). The molecule has 21 heavy (non-hydrogen) atoms. The minimum absolute atomic E-state index is 0.266. The Hall–Kier alpha value is -2.75. The molecule has 0 bridgehead atoms. The zero-order valence-electron chi connectivity index (χ0n) is 11.8. The number of fused-ring (bicyclic) bond motifs is 1. The smallest absolute Gasteiger partial charge is 0.336 e. The Morgan fingerprint density at radius 2 is 1.81 bits per heavy atom. The molecule has 4 nitrogen and oxygen atoms in total. The SMILES string of the molecule is Cc1ccc(C)c2c(C(=O)O)cc(-c3ccccn3)nc12. The van der Waals surface area contributed by atoms with E-state index in [4.69, 9.17) is 0 Å². The molecule has 0 amide bonds. The highest BCUT2D eigenvalue weighted by molar-refractivity contribution is 6.05. The van der Waals surface area contributed by atoms with Crippen LogP contribution in [0, 0.1) is 13.8 Å². The Kier molecular flexibility index (Phi) is 3.14. The van der Waals surface area contributed by atoms with Crippen molar-refractivity contribution in [3.8, 4) is 11.4 Å². The average molecular weight is 278 g/mol. The predicted molar refractivity (Wildman–Crippen MR) is 81.4 cm³/mol. The number of carboxylic acid groups (broad SMARTS) is 1. The molecule has 0 aliphatic heterocycles. The molecule has 1 aromatic carbocycles. The van der Waals surface area contributed by atoms with Gasteiger partial charge < -0.3 is 5.11 Å². The van der Waals surface area contributed by atoms with Crippen LogP contribution in [-0.4, -0.2) is 21.0 Å². The van der Waals surface area contributed by atoms with Crippen LogP contribution in [0.2, 0.25) is 0 Å². The van der Waals surface area contributed by atoms with E-state index < -0.39 is 5.97 Å². The van der Waals surface area contributed by atoms with Gasteiger partial charge in [-0.15, -0.1) is 0 Å². The first-order valence-electron chi connectivity index (χ1n) is 6.63. The zero-order valence-corrected chi connectivity index (χ0v) is 11.8. The number of aryl methyl sites for hydroxylation is 2. The van der Waals surface area contributed by atoms with Crippen LogP contribution in [0.25, 0.3) is 22.3 Å². The van der Waals surface area contributed by atoms with Crippen molar-refractivity contribution in [3.63, 3.8) is 0 Å². The molecule has 0 fully saturated rings. The van der Waals surface area contributed by atoms with Crippen LogP contribution >= 0.6 is 0 Å². The molecular weight excluding hydrogens is 264 g/mol. The van der Waals surface area contributed by atoms with Crippen LogP contribution in [0.5, 0.6) is 0 Å². The van der Waals surface area contributed by atoms with E-state index in [0.717, 1.165) is 16.6 Å². The summed E-state index contributed by atoms with van der Waals surface area (Å²) in [5, 5.41) is 10.2. The third kappa shape index (κ3) is 2.25. The fourth-order valence-electron chi connectivity index (χ4n) is 2.46. The van der Waals surface area contributed by atoms with Crippen molar-refractivity contribution in [1.29, 1.82) is 0 Å². The molecule has 2 aromatic heterocycles. The topological polar surface area (TPSA) is 63.1 Å². The first kappa shape index (κ1) is 13.2. The van der Waals surface area contributed by atoms with Crippen molar-refractivity contribution in [3.05, 3.63) is 59.3 Å². The van der Waals surface area contributed by atoms with Crippen molar-refractivity contribution in [1.82, 2.24) is 9.97 Å². The fraction of sp³-hybridized carbons (Fsp3) is 0.118. The molecule has 0 aliphatic carbocycles. The Morgan fingerprint density at radius 3 is 2.48 bits per heavy atom. The second kappa shape index (κ2) is 4.98. The molecule has 1 N–H and O–H groups in total. The van der Waals surface area contributed by atoms with Crippen LogP contribution in [-0.2, 0) is 0 Å². The summed E-state index contributed by atoms with van der Waals surface area (Å²) in [7, 11) is 0. The summed E-state index contributed by atoms with van der Waals surface area (Å²) < 4.78 is 0. The number of aromatic nitrogens is 2. The van der Waals surface area contributed by atoms with Gasteiger partial charge in [0.25, 0.3) is 0 Å². The molecule has 3 rings (SSSR count). The number of aromatic carboxylic acids is 1. The maximum absolute atomic E-state index is 11.6. The molecule has 3 aromatic rings. The summed E-state index contributed by atoms with van der Waals surface area (Å²) >= 11 is 0. The van der Waals surface area contributed by atoms with E-state index in [-0.39, 0.29) is 5.56 Å². The summed E-state index contributed by atoms with van der Waals surface area (Å²) in [5.74, 6) is -0.951. The molecule has 4 heteroatoms. The van der Waals surface area contributed by atoms with Gasteiger partial charge in [0.2, 0.25) is 0 Å². The number of pyridine rings is 2. The summed E-state index contributed by atoms with van der Waals surface area (Å²) in [5.41, 5.74) is 4.10. The van der Waals surface area contributed by atoms with Crippen molar-refractivity contribution < 1.29 is 9.90 Å². The lowest BCUT2D eigenvalue weighted by molar-refractivity contribution is 0.0699. The van der Waals surface area contributed by atoms with Gasteiger partial charge in [0.05, 0.1) is 22.5 Å². The molecule has 104 valence electrons. The second-order valence-corrected chi connectivity index (χ2v) is 5.00. The lowest BCUT2D eigenvalue weighted by atomic mass is 9.99. The summed E-state index contributed by atoms with van der Waals surface area (Å²) in [6.07, 6.45) is 1.67. The number of rotatable bonds is 2. The number of carboxylic acids is 1. The van der Waals surface area contributed by atoms with E-state index in [9.17, 15) is 9.90 Å². The maximum Gasteiger partial charge on any atom is 0.336 e. The highest BCUT2D eigenvalue weighted by atomic mass is 16.4. The Labute approximate surface area is 122 Å². The monoisotopic (exact) mass is 278 g/mol. The molecule has 0 saturated carbocycles. The van der Waals surface area contributed by atoms with Crippen LogP contribution in [0.4, 0.5) is 0 Å². The zero-order chi connectivity index (χ0) is 15.0. The van der Waals surface area contributed by atoms with Crippen molar-refractivity contribution in [2.45, 2.75) is 13.8 Å². The molecule has 0 unspecified atom stereocenters. The fourth-order valence-corrected chi connectivity index (χ4v) is 2.46. The molecule has 0 radical (unpaired) electrons. The summed E-state index contributed by atoms with van der Waals surface area (Å²) in [6.45, 7) is 3.83. The largest absolute Gasteiger partial charge is 0.478 e. The van der Waals surface area contributed by atoms with Crippen LogP contribution in [0.1, 0.15) is 21.5 Å². The van der Waals surface area contributed by atoms with Gasteiger partial charge in [-0.2, -0.15) is 0 Å². The molecule has 0 saturated heterocycles. The molecule has 0 atom stereocenters. The number of nitrogens with zero attached hydrogens (tertiary/aromatic N) is 2. The third-order valence-electron chi connectivity index (χ3n) is 3.53. The van der Waals surface area contributed by atoms with E-state index in [0.29, 0.717) is 16.8 Å². The van der Waals surface area contributed by atoms with Crippen molar-refractivity contribution in [2.75, 3.05) is 0 Å². The minimum atomic E-state index is -0.951. The van der Waals surface area contributed by atoms with Crippen molar-refractivity contribution >= 4 is 16.9 Å². The van der Waals surface area contributed by atoms with Gasteiger partial charge in [0.15, 0.2) is 0 Å². The van der Waals surface area contributed by atoms with Gasteiger partial charge in [-0.05, 0) is 43.2 Å². The maximum atomic E-state index is 11.6. The second-order valence-electron chi connectivity index (χ2n) is 5.00. The Bertz CT molecular complexity index is 842. The first-order chi connectivity index (χ1) is 10.1. The third-order valence-corrected chi connectivity index (χ3v) is 3.53. The molecule has 0 spiro atoms. The van der Waals surface area contributed by atoms with Crippen LogP contribution < -0.4 is 0 Å². The normalized spacial score (nSPS) is 10.8. The number of benzene rings is 1. The predicted octanol–water partition coefficient (Wildman–Crippen LogP) is 3.61. The Balaban J connectivity index is 2.41. The van der Waals surface area contributed by atoms with Gasteiger partial charge in [-0.25, -0.2) is 9.78 Å². The van der Waals surface area contributed by atoms with E-state index in [2.05, 4.69) is 9.97 Å². The highest BCUT2D eigenvalue weighted by Crippen LogP contribution is 2.28. The first-order valence-corrected chi connectivity index (χ1v) is 6.63. The quantitative estimate of drug-likeness (QED) is 0.777. The Morgan fingerprint density at radius 1 is 1.05 bits per heavy atom. The highest BCUT2D eigenvalue weighted by Gasteiger charge is 2.16. The van der Waals surface area contributed by atoms with E-state index >= 15 is 0 Å². The molecule has 2 heterocycles. The minimum Gasteiger partial charge on any atom is -0.478 e. The van der Waals surface area contributed by atoms with Crippen molar-refractivity contribution in [2.24, 2.45) is 0 Å². The van der Waals surface area contributed by atoms with Crippen LogP contribution in [0.3, 0.4) is 0 Å². The average Bonchev–Trinajstić information content (AvgIpc) is 2.51. The van der Waals surface area contributed by atoms with Gasteiger partial charge >= 0.3 is 5.97 Å². The van der Waals surface area contributed by atoms with Crippen LogP contribution in [0.15, 0.2) is 42.6 Å². The molecule has 0 aliphatic rings. The lowest BCUT2D eigenvalue weighted by Crippen LogP contribution is -2.03. The van der Waals surface area contributed by atoms with E-state index in [1.165, 1.54) is 0 Å². The summed E-state index contributed by atoms with van der Waals surface area (Å²) in [4.78, 5) is 20.5. The molecular formula is C17H14N2O2. The van der Waals surface area contributed by atoms with Gasteiger partial charge in [-0.3, -0.25) is 4.98 Å². The lowest BCUT2D eigenvalue weighted by Gasteiger charge is -2.10. The van der Waals surface area contributed by atoms with Gasteiger partial charge in [-0.1, -0.05) is 18.2 Å². The van der Waals surface area contributed by atoms with Gasteiger partial charge in [0.1, 0.15) is 0 Å².